The van der Waals surface area contributed by atoms with Gasteiger partial charge in [0.25, 0.3) is 5.91 Å². The predicted octanol–water partition coefficient (Wildman–Crippen LogP) is 3.48. The molecule has 1 heterocycles. The fraction of sp³-hybridized carbons (Fsp3) is 0.208. The van der Waals surface area contributed by atoms with Crippen molar-refractivity contribution in [2.75, 3.05) is 6.54 Å². The summed E-state index contributed by atoms with van der Waals surface area (Å²) in [6.45, 7) is 3.20. The van der Waals surface area contributed by atoms with E-state index < -0.39 is 23.4 Å². The molecule has 3 aromatic rings. The van der Waals surface area contributed by atoms with E-state index in [1.54, 1.807) is 31.2 Å². The standard InChI is InChI=1S/C24H23N3O3/c1-16(18-13-12-17-8-6-7-9-19(17)14-18)25-21(28)15-27-22(29)24(2,26-23(27)30)20-10-4-3-5-11-20/h3-14,16H,15H2,1-2H3,(H,25,28)(H,26,30). The van der Waals surface area contributed by atoms with Crippen LogP contribution >= 0.6 is 0 Å². The number of benzene rings is 3. The van der Waals surface area contributed by atoms with E-state index in [1.807, 2.05) is 55.5 Å². The second kappa shape index (κ2) is 7.63. The van der Waals surface area contributed by atoms with Crippen molar-refractivity contribution in [3.8, 4) is 0 Å². The summed E-state index contributed by atoms with van der Waals surface area (Å²) in [5.41, 5.74) is 0.451. The number of hydrogen-bond donors (Lipinski definition) is 2. The highest BCUT2D eigenvalue weighted by atomic mass is 16.2. The van der Waals surface area contributed by atoms with Crippen LogP contribution in [0, 0.1) is 0 Å². The maximum Gasteiger partial charge on any atom is 0.325 e. The van der Waals surface area contributed by atoms with Crippen molar-refractivity contribution < 1.29 is 14.4 Å². The van der Waals surface area contributed by atoms with Gasteiger partial charge < -0.3 is 10.6 Å². The van der Waals surface area contributed by atoms with Gasteiger partial charge in [-0.3, -0.25) is 14.5 Å². The summed E-state index contributed by atoms with van der Waals surface area (Å²) in [5.74, 6) is -0.830. The third kappa shape index (κ3) is 3.52. The monoisotopic (exact) mass is 401 g/mol. The molecule has 152 valence electrons. The van der Waals surface area contributed by atoms with E-state index in [2.05, 4.69) is 10.6 Å². The molecule has 1 saturated heterocycles. The number of nitrogens with one attached hydrogen (secondary N) is 2. The Morgan fingerprint density at radius 3 is 2.40 bits per heavy atom. The normalized spacial score (nSPS) is 19.6. The van der Waals surface area contributed by atoms with Crippen LogP contribution in [0.3, 0.4) is 0 Å². The molecule has 6 nitrogen and oxygen atoms in total. The summed E-state index contributed by atoms with van der Waals surface area (Å²) in [6.07, 6.45) is 0. The van der Waals surface area contributed by atoms with Crippen LogP contribution in [0.15, 0.2) is 72.8 Å². The zero-order valence-electron chi connectivity index (χ0n) is 16.9. The van der Waals surface area contributed by atoms with Gasteiger partial charge in [0.15, 0.2) is 0 Å². The lowest BCUT2D eigenvalue weighted by molar-refractivity contribution is -0.135. The summed E-state index contributed by atoms with van der Waals surface area (Å²) in [7, 11) is 0. The van der Waals surface area contributed by atoms with Crippen LogP contribution in [0.2, 0.25) is 0 Å². The molecule has 2 atom stereocenters. The van der Waals surface area contributed by atoms with E-state index in [-0.39, 0.29) is 12.6 Å². The van der Waals surface area contributed by atoms with Gasteiger partial charge in [0.1, 0.15) is 12.1 Å². The predicted molar refractivity (Wildman–Crippen MR) is 115 cm³/mol. The Morgan fingerprint density at radius 1 is 1.00 bits per heavy atom. The molecule has 6 heteroatoms. The van der Waals surface area contributed by atoms with Crippen molar-refractivity contribution in [1.29, 1.82) is 0 Å². The number of fused-ring (bicyclic) bond motifs is 1. The Hall–Kier alpha value is -3.67. The van der Waals surface area contributed by atoms with Gasteiger partial charge in [-0.2, -0.15) is 0 Å². The second-order valence-electron chi connectivity index (χ2n) is 7.71. The van der Waals surface area contributed by atoms with E-state index in [1.165, 1.54) is 0 Å². The summed E-state index contributed by atoms with van der Waals surface area (Å²) in [4.78, 5) is 38.9. The van der Waals surface area contributed by atoms with Gasteiger partial charge in [0.05, 0.1) is 6.04 Å². The Kier molecular flexibility index (Phi) is 4.99. The minimum Gasteiger partial charge on any atom is -0.348 e. The molecule has 1 aliphatic rings. The van der Waals surface area contributed by atoms with Crippen LogP contribution in [0.4, 0.5) is 4.79 Å². The van der Waals surface area contributed by atoms with Gasteiger partial charge in [-0.1, -0.05) is 66.7 Å². The molecule has 1 fully saturated rings. The molecule has 4 rings (SSSR count). The average Bonchev–Trinajstić information content (AvgIpc) is 2.98. The number of carbonyl (C=O) groups excluding carboxylic acids is 3. The van der Waals surface area contributed by atoms with Crippen LogP contribution in [0.25, 0.3) is 10.8 Å². The maximum absolute atomic E-state index is 12.9. The lowest BCUT2D eigenvalue weighted by atomic mass is 9.92. The van der Waals surface area contributed by atoms with E-state index in [4.69, 9.17) is 0 Å². The van der Waals surface area contributed by atoms with Gasteiger partial charge in [-0.05, 0) is 41.8 Å². The molecule has 0 aliphatic carbocycles. The molecule has 2 N–H and O–H groups in total. The Labute approximate surface area is 174 Å². The smallest absolute Gasteiger partial charge is 0.325 e. The molecule has 0 radical (unpaired) electrons. The van der Waals surface area contributed by atoms with Gasteiger partial charge in [-0.25, -0.2) is 4.79 Å². The molecular formula is C24H23N3O3. The molecule has 3 aromatic carbocycles. The summed E-state index contributed by atoms with van der Waals surface area (Å²) in [5, 5.41) is 7.81. The third-order valence-electron chi connectivity index (χ3n) is 5.58. The van der Waals surface area contributed by atoms with Crippen molar-refractivity contribution in [2.45, 2.75) is 25.4 Å². The number of nitrogens with zero attached hydrogens (tertiary/aromatic N) is 1. The summed E-state index contributed by atoms with van der Waals surface area (Å²) in [6, 6.07) is 22.2. The first-order valence-corrected chi connectivity index (χ1v) is 9.86. The molecule has 0 saturated carbocycles. The van der Waals surface area contributed by atoms with Gasteiger partial charge in [0, 0.05) is 0 Å². The average molecular weight is 401 g/mol. The van der Waals surface area contributed by atoms with Crippen LogP contribution in [-0.4, -0.2) is 29.3 Å². The SMILES string of the molecule is CC(NC(=O)CN1C(=O)NC(C)(c2ccccc2)C1=O)c1ccc2ccccc2c1. The largest absolute Gasteiger partial charge is 0.348 e. The highest BCUT2D eigenvalue weighted by molar-refractivity contribution is 6.09. The van der Waals surface area contributed by atoms with E-state index in [0.29, 0.717) is 5.56 Å². The number of carbonyl (C=O) groups is 3. The van der Waals surface area contributed by atoms with Gasteiger partial charge in [0.2, 0.25) is 5.91 Å². The summed E-state index contributed by atoms with van der Waals surface area (Å²) < 4.78 is 0. The van der Waals surface area contributed by atoms with Crippen molar-refractivity contribution in [3.05, 3.63) is 83.9 Å². The van der Waals surface area contributed by atoms with Crippen molar-refractivity contribution in [3.63, 3.8) is 0 Å². The van der Waals surface area contributed by atoms with Gasteiger partial charge in [-0.15, -0.1) is 0 Å². The van der Waals surface area contributed by atoms with E-state index in [0.717, 1.165) is 21.2 Å². The van der Waals surface area contributed by atoms with Crippen molar-refractivity contribution >= 4 is 28.6 Å². The molecule has 1 aliphatic heterocycles. The first-order chi connectivity index (χ1) is 14.4. The molecular weight excluding hydrogens is 378 g/mol. The highest BCUT2D eigenvalue weighted by Gasteiger charge is 2.49. The fourth-order valence-electron chi connectivity index (χ4n) is 3.80. The van der Waals surface area contributed by atoms with Crippen molar-refractivity contribution in [2.24, 2.45) is 0 Å². The van der Waals surface area contributed by atoms with Gasteiger partial charge >= 0.3 is 6.03 Å². The van der Waals surface area contributed by atoms with Crippen LogP contribution < -0.4 is 10.6 Å². The zero-order chi connectivity index (χ0) is 21.3. The van der Waals surface area contributed by atoms with Crippen molar-refractivity contribution in [1.82, 2.24) is 15.5 Å². The molecule has 0 spiro atoms. The maximum atomic E-state index is 12.9. The number of imide groups is 1. The molecule has 30 heavy (non-hydrogen) atoms. The topological polar surface area (TPSA) is 78.5 Å². The molecule has 0 aromatic heterocycles. The molecule has 4 amide bonds. The molecule has 2 unspecified atom stereocenters. The first kappa shape index (κ1) is 19.6. The highest BCUT2D eigenvalue weighted by Crippen LogP contribution is 2.28. The summed E-state index contributed by atoms with van der Waals surface area (Å²) >= 11 is 0. The first-order valence-electron chi connectivity index (χ1n) is 9.86. The zero-order valence-corrected chi connectivity index (χ0v) is 16.9. The number of rotatable bonds is 5. The lowest BCUT2D eigenvalue weighted by Crippen LogP contribution is -2.43. The van der Waals surface area contributed by atoms with Crippen LogP contribution in [0.5, 0.6) is 0 Å². The van der Waals surface area contributed by atoms with Crippen LogP contribution in [-0.2, 0) is 15.1 Å². The van der Waals surface area contributed by atoms with E-state index >= 15 is 0 Å². The Balaban J connectivity index is 1.45. The number of urea groups is 1. The Bertz CT molecular complexity index is 1130. The quantitative estimate of drug-likeness (QED) is 0.643. The Morgan fingerprint density at radius 2 is 1.67 bits per heavy atom. The minimum atomic E-state index is -1.18. The van der Waals surface area contributed by atoms with E-state index in [9.17, 15) is 14.4 Å². The number of amides is 4. The molecule has 0 bridgehead atoms. The number of hydrogen-bond acceptors (Lipinski definition) is 3. The fourth-order valence-corrected chi connectivity index (χ4v) is 3.80. The third-order valence-corrected chi connectivity index (χ3v) is 5.58. The van der Waals surface area contributed by atoms with Crippen LogP contribution in [0.1, 0.15) is 31.0 Å². The second-order valence-corrected chi connectivity index (χ2v) is 7.71. The minimum absolute atomic E-state index is 0.261. The lowest BCUT2D eigenvalue weighted by Gasteiger charge is -2.22.